The number of rotatable bonds is 2. The van der Waals surface area contributed by atoms with Gasteiger partial charge in [-0.05, 0) is 44.2 Å². The third-order valence-electron chi connectivity index (χ3n) is 4.35. The standard InChI is InChI=1S/C14H27N.ClH/c1-2-4-6-13(7-5-3-1)12-14-8-10-15-11-9-14;/h13-15H,1-12H2;1H. The summed E-state index contributed by atoms with van der Waals surface area (Å²) < 4.78 is 0. The van der Waals surface area contributed by atoms with Gasteiger partial charge in [0.2, 0.25) is 0 Å². The predicted octanol–water partition coefficient (Wildman–Crippen LogP) is 4.16. The number of halogens is 1. The minimum Gasteiger partial charge on any atom is -0.317 e. The van der Waals surface area contributed by atoms with Crippen LogP contribution in [0.5, 0.6) is 0 Å². The zero-order chi connectivity index (χ0) is 10.3. The lowest BCUT2D eigenvalue weighted by Crippen LogP contribution is -2.28. The van der Waals surface area contributed by atoms with Gasteiger partial charge in [0, 0.05) is 0 Å². The lowest BCUT2D eigenvalue weighted by Gasteiger charge is -2.28. The molecule has 1 N–H and O–H groups in total. The molecule has 0 bridgehead atoms. The van der Waals surface area contributed by atoms with Crippen molar-refractivity contribution in [1.29, 1.82) is 0 Å². The van der Waals surface area contributed by atoms with Crippen LogP contribution in [0.3, 0.4) is 0 Å². The third kappa shape index (κ3) is 5.05. The van der Waals surface area contributed by atoms with Crippen LogP contribution in [0.1, 0.15) is 64.2 Å². The first-order valence-electron chi connectivity index (χ1n) is 7.16. The second-order valence-electron chi connectivity index (χ2n) is 5.64. The van der Waals surface area contributed by atoms with Crippen molar-refractivity contribution in [2.45, 2.75) is 64.2 Å². The predicted molar refractivity (Wildman–Crippen MR) is 73.3 cm³/mol. The van der Waals surface area contributed by atoms with Gasteiger partial charge in [-0.1, -0.05) is 44.9 Å². The van der Waals surface area contributed by atoms with E-state index in [1.165, 1.54) is 70.9 Å². The maximum atomic E-state index is 3.47. The van der Waals surface area contributed by atoms with Crippen LogP contribution in [0.2, 0.25) is 0 Å². The van der Waals surface area contributed by atoms with Crippen molar-refractivity contribution in [2.75, 3.05) is 13.1 Å². The lowest BCUT2D eigenvalue weighted by atomic mass is 9.81. The van der Waals surface area contributed by atoms with Gasteiger partial charge in [0.25, 0.3) is 0 Å². The van der Waals surface area contributed by atoms with E-state index < -0.39 is 0 Å². The van der Waals surface area contributed by atoms with Crippen molar-refractivity contribution in [3.8, 4) is 0 Å². The number of hydrogen-bond acceptors (Lipinski definition) is 1. The van der Waals surface area contributed by atoms with Crippen LogP contribution in [-0.2, 0) is 0 Å². The van der Waals surface area contributed by atoms with E-state index in [-0.39, 0.29) is 12.4 Å². The fourth-order valence-corrected chi connectivity index (χ4v) is 3.37. The molecule has 0 aromatic heterocycles. The molecule has 0 amide bonds. The summed E-state index contributed by atoms with van der Waals surface area (Å²) in [6, 6.07) is 0. The van der Waals surface area contributed by atoms with E-state index in [0.29, 0.717) is 0 Å². The Morgan fingerprint density at radius 3 is 1.81 bits per heavy atom. The first kappa shape index (κ1) is 14.3. The van der Waals surface area contributed by atoms with Crippen molar-refractivity contribution in [1.82, 2.24) is 5.32 Å². The molecule has 1 nitrogen and oxygen atoms in total. The summed E-state index contributed by atoms with van der Waals surface area (Å²) in [5.41, 5.74) is 0. The minimum absolute atomic E-state index is 0. The molecule has 2 rings (SSSR count). The molecule has 1 aliphatic heterocycles. The molecule has 2 aliphatic rings. The van der Waals surface area contributed by atoms with E-state index in [2.05, 4.69) is 5.32 Å². The molecule has 1 heterocycles. The second kappa shape index (κ2) is 8.36. The van der Waals surface area contributed by atoms with Crippen molar-refractivity contribution in [3.05, 3.63) is 0 Å². The quantitative estimate of drug-likeness (QED) is 0.771. The number of hydrogen-bond donors (Lipinski definition) is 1. The Hall–Kier alpha value is 0.250. The Balaban J connectivity index is 0.00000128. The van der Waals surface area contributed by atoms with Crippen LogP contribution in [0.25, 0.3) is 0 Å². The Morgan fingerprint density at radius 2 is 1.19 bits per heavy atom. The summed E-state index contributed by atoms with van der Waals surface area (Å²) in [6.45, 7) is 2.55. The zero-order valence-electron chi connectivity index (χ0n) is 10.5. The number of nitrogens with one attached hydrogen (secondary N) is 1. The van der Waals surface area contributed by atoms with Crippen LogP contribution >= 0.6 is 12.4 Å². The highest BCUT2D eigenvalue weighted by atomic mass is 35.5. The van der Waals surface area contributed by atoms with Gasteiger partial charge in [0.15, 0.2) is 0 Å². The second-order valence-corrected chi connectivity index (χ2v) is 5.64. The van der Waals surface area contributed by atoms with Crippen molar-refractivity contribution in [2.24, 2.45) is 11.8 Å². The summed E-state index contributed by atoms with van der Waals surface area (Å²) >= 11 is 0. The monoisotopic (exact) mass is 245 g/mol. The van der Waals surface area contributed by atoms with Crippen LogP contribution in [-0.4, -0.2) is 13.1 Å². The summed E-state index contributed by atoms with van der Waals surface area (Å²) in [5.74, 6) is 2.13. The summed E-state index contributed by atoms with van der Waals surface area (Å²) in [7, 11) is 0. The average molecular weight is 246 g/mol. The highest BCUT2D eigenvalue weighted by Gasteiger charge is 2.19. The normalized spacial score (nSPS) is 25.5. The molecular formula is C14H28ClN. The maximum absolute atomic E-state index is 3.47. The first-order valence-corrected chi connectivity index (χ1v) is 7.16. The Morgan fingerprint density at radius 1 is 0.688 bits per heavy atom. The van der Waals surface area contributed by atoms with Crippen molar-refractivity contribution in [3.63, 3.8) is 0 Å². The van der Waals surface area contributed by atoms with Gasteiger partial charge in [-0.3, -0.25) is 0 Å². The van der Waals surface area contributed by atoms with Gasteiger partial charge in [0.05, 0.1) is 0 Å². The summed E-state index contributed by atoms with van der Waals surface area (Å²) in [4.78, 5) is 0. The van der Waals surface area contributed by atoms with Gasteiger partial charge in [0.1, 0.15) is 0 Å². The smallest absolute Gasteiger partial charge is 0.00463 e. The van der Waals surface area contributed by atoms with Gasteiger partial charge in [-0.25, -0.2) is 0 Å². The molecule has 0 radical (unpaired) electrons. The first-order chi connectivity index (χ1) is 7.45. The average Bonchev–Trinajstić information content (AvgIpc) is 2.23. The topological polar surface area (TPSA) is 12.0 Å². The highest BCUT2D eigenvalue weighted by Crippen LogP contribution is 2.30. The SMILES string of the molecule is C1CCCC(CC2CCNCC2)CCC1.Cl. The Labute approximate surface area is 107 Å². The molecule has 96 valence electrons. The Bertz CT molecular complexity index is 158. The van der Waals surface area contributed by atoms with Crippen molar-refractivity contribution >= 4 is 12.4 Å². The molecule has 0 aromatic carbocycles. The molecule has 16 heavy (non-hydrogen) atoms. The van der Waals surface area contributed by atoms with Gasteiger partial charge >= 0.3 is 0 Å². The summed E-state index contributed by atoms with van der Waals surface area (Å²) in [5, 5.41) is 3.47. The molecule has 0 unspecified atom stereocenters. The minimum atomic E-state index is 0. The lowest BCUT2D eigenvalue weighted by molar-refractivity contribution is 0.262. The van der Waals surface area contributed by atoms with E-state index in [0.717, 1.165) is 11.8 Å². The van der Waals surface area contributed by atoms with Crippen molar-refractivity contribution < 1.29 is 0 Å². The molecule has 0 aromatic rings. The molecule has 2 heteroatoms. The molecule has 1 aliphatic carbocycles. The van der Waals surface area contributed by atoms with Gasteiger partial charge in [-0.15, -0.1) is 12.4 Å². The zero-order valence-corrected chi connectivity index (χ0v) is 11.4. The van der Waals surface area contributed by atoms with Crippen LogP contribution in [0.15, 0.2) is 0 Å². The highest BCUT2D eigenvalue weighted by molar-refractivity contribution is 5.85. The van der Waals surface area contributed by atoms with E-state index in [1.807, 2.05) is 0 Å². The van der Waals surface area contributed by atoms with Crippen LogP contribution < -0.4 is 5.32 Å². The Kier molecular flexibility index (Phi) is 7.47. The molecule has 0 atom stereocenters. The molecule has 1 saturated heterocycles. The van der Waals surface area contributed by atoms with Gasteiger partial charge in [-0.2, -0.15) is 0 Å². The fraction of sp³-hybridized carbons (Fsp3) is 1.00. The van der Waals surface area contributed by atoms with E-state index in [4.69, 9.17) is 0 Å². The molecule has 2 fully saturated rings. The van der Waals surface area contributed by atoms with Gasteiger partial charge < -0.3 is 5.32 Å². The van der Waals surface area contributed by atoms with E-state index >= 15 is 0 Å². The fourth-order valence-electron chi connectivity index (χ4n) is 3.37. The largest absolute Gasteiger partial charge is 0.317 e. The molecule has 0 spiro atoms. The maximum Gasteiger partial charge on any atom is -0.00463 e. The molecular weight excluding hydrogens is 218 g/mol. The number of piperidine rings is 1. The van der Waals surface area contributed by atoms with Crippen LogP contribution in [0.4, 0.5) is 0 Å². The van der Waals surface area contributed by atoms with E-state index in [1.54, 1.807) is 6.42 Å². The summed E-state index contributed by atoms with van der Waals surface area (Å²) in [6.07, 6.45) is 15.0. The molecule has 1 saturated carbocycles. The third-order valence-corrected chi connectivity index (χ3v) is 4.35. The van der Waals surface area contributed by atoms with Crippen LogP contribution in [0, 0.1) is 11.8 Å². The van der Waals surface area contributed by atoms with E-state index in [9.17, 15) is 0 Å².